The number of nitrogens with zero attached hydrogens (tertiary/aromatic N) is 1. The van der Waals surface area contributed by atoms with Crippen molar-refractivity contribution in [1.29, 1.82) is 0 Å². The minimum absolute atomic E-state index is 0.0358. The summed E-state index contributed by atoms with van der Waals surface area (Å²) < 4.78 is 18.3. The normalized spacial score (nSPS) is 9.83. The molecule has 1 rings (SSSR count). The average Bonchev–Trinajstić information content (AvgIpc) is 2.34. The molecule has 0 aliphatic carbocycles. The first-order valence-corrected chi connectivity index (χ1v) is 5.24. The third kappa shape index (κ3) is 3.65. The number of nitro benzene ring substituents is 1. The summed E-state index contributed by atoms with van der Waals surface area (Å²) in [6.45, 7) is 3.48. The van der Waals surface area contributed by atoms with Crippen molar-refractivity contribution in [2.24, 2.45) is 0 Å². The highest BCUT2D eigenvalue weighted by molar-refractivity contribution is 5.69. The summed E-state index contributed by atoms with van der Waals surface area (Å²) >= 11 is 0. The van der Waals surface area contributed by atoms with Crippen molar-refractivity contribution in [3.8, 4) is 0 Å². The van der Waals surface area contributed by atoms with E-state index in [0.717, 1.165) is 6.07 Å². The Balaban J connectivity index is 2.68. The fraction of sp³-hybridized carbons (Fsp3) is 0.250. The quantitative estimate of drug-likeness (QED) is 0.338. The predicted molar refractivity (Wildman–Crippen MR) is 62.5 cm³/mol. The maximum atomic E-state index is 13.6. The van der Waals surface area contributed by atoms with Gasteiger partial charge in [-0.2, -0.15) is 4.39 Å². The van der Waals surface area contributed by atoms with E-state index in [0.29, 0.717) is 0 Å². The molecule has 0 spiro atoms. The van der Waals surface area contributed by atoms with Crippen LogP contribution in [0.3, 0.4) is 0 Å². The summed E-state index contributed by atoms with van der Waals surface area (Å²) in [5, 5.41) is 10.5. The third-order valence-electron chi connectivity index (χ3n) is 2.22. The van der Waals surface area contributed by atoms with Crippen molar-refractivity contribution < 1.29 is 18.8 Å². The summed E-state index contributed by atoms with van der Waals surface area (Å²) in [6, 6.07) is 3.86. The van der Waals surface area contributed by atoms with Crippen LogP contribution in [0.25, 0.3) is 0 Å². The largest absolute Gasteiger partial charge is 0.461 e. The monoisotopic (exact) mass is 253 g/mol. The van der Waals surface area contributed by atoms with Crippen LogP contribution in [0.15, 0.2) is 30.9 Å². The topological polar surface area (TPSA) is 69.4 Å². The number of hydrogen-bond donors (Lipinski definition) is 0. The lowest BCUT2D eigenvalue weighted by molar-refractivity contribution is -0.387. The van der Waals surface area contributed by atoms with Crippen LogP contribution in [-0.4, -0.2) is 17.5 Å². The number of halogens is 1. The lowest BCUT2D eigenvalue weighted by atomic mass is 10.1. The van der Waals surface area contributed by atoms with Crippen molar-refractivity contribution in [2.75, 3.05) is 6.61 Å². The van der Waals surface area contributed by atoms with Gasteiger partial charge in [0.05, 0.1) is 4.92 Å². The Morgan fingerprint density at radius 2 is 2.28 bits per heavy atom. The minimum Gasteiger partial charge on any atom is -0.461 e. The van der Waals surface area contributed by atoms with Gasteiger partial charge in [-0.15, -0.1) is 0 Å². The smallest absolute Gasteiger partial charge is 0.306 e. The maximum absolute atomic E-state index is 13.6. The molecular formula is C12H12FNO4. The fourth-order valence-electron chi connectivity index (χ4n) is 1.36. The predicted octanol–water partition coefficient (Wildman–Crippen LogP) is 2.40. The van der Waals surface area contributed by atoms with E-state index in [-0.39, 0.29) is 25.0 Å². The minimum atomic E-state index is -0.904. The molecule has 18 heavy (non-hydrogen) atoms. The molecule has 0 saturated heterocycles. The Kier molecular flexibility index (Phi) is 4.98. The van der Waals surface area contributed by atoms with Crippen molar-refractivity contribution in [2.45, 2.75) is 12.8 Å². The Hall–Kier alpha value is -2.24. The molecular weight excluding hydrogens is 241 g/mol. The zero-order valence-corrected chi connectivity index (χ0v) is 9.60. The molecule has 1 aromatic rings. The highest BCUT2D eigenvalue weighted by atomic mass is 19.1. The van der Waals surface area contributed by atoms with Gasteiger partial charge in [0.1, 0.15) is 6.61 Å². The van der Waals surface area contributed by atoms with E-state index in [2.05, 4.69) is 6.58 Å². The molecule has 0 aromatic heterocycles. The second-order valence-corrected chi connectivity index (χ2v) is 3.48. The molecule has 0 N–H and O–H groups in total. The summed E-state index contributed by atoms with van der Waals surface area (Å²) in [6.07, 6.45) is 1.45. The number of nitro groups is 1. The molecule has 0 aliphatic heterocycles. The molecule has 0 bridgehead atoms. The van der Waals surface area contributed by atoms with Crippen molar-refractivity contribution in [3.05, 3.63) is 52.3 Å². The van der Waals surface area contributed by atoms with Gasteiger partial charge in [0.15, 0.2) is 0 Å². The first kappa shape index (κ1) is 13.8. The van der Waals surface area contributed by atoms with Crippen LogP contribution in [0.1, 0.15) is 12.0 Å². The molecule has 0 aliphatic rings. The van der Waals surface area contributed by atoms with Gasteiger partial charge >= 0.3 is 11.7 Å². The van der Waals surface area contributed by atoms with E-state index in [1.54, 1.807) is 0 Å². The van der Waals surface area contributed by atoms with Gasteiger partial charge in [-0.3, -0.25) is 14.9 Å². The zero-order valence-electron chi connectivity index (χ0n) is 9.60. The first-order chi connectivity index (χ1) is 8.56. The lowest BCUT2D eigenvalue weighted by Crippen LogP contribution is -2.07. The fourth-order valence-corrected chi connectivity index (χ4v) is 1.36. The van der Waals surface area contributed by atoms with Gasteiger partial charge < -0.3 is 4.74 Å². The standard InChI is InChI=1S/C12H12FNO4/c1-2-8-18-11(15)7-6-9-4-3-5-10(12(9)13)14(16)17/h2-5H,1,6-8H2. The summed E-state index contributed by atoms with van der Waals surface area (Å²) in [4.78, 5) is 20.9. The number of aryl methyl sites for hydroxylation is 1. The average molecular weight is 253 g/mol. The van der Waals surface area contributed by atoms with Crippen molar-refractivity contribution >= 4 is 11.7 Å². The number of carbonyl (C=O) groups excluding carboxylic acids is 1. The number of ether oxygens (including phenoxy) is 1. The number of rotatable bonds is 6. The first-order valence-electron chi connectivity index (χ1n) is 5.24. The van der Waals surface area contributed by atoms with E-state index < -0.39 is 22.4 Å². The van der Waals surface area contributed by atoms with E-state index in [9.17, 15) is 19.3 Å². The maximum Gasteiger partial charge on any atom is 0.306 e. The van der Waals surface area contributed by atoms with Crippen LogP contribution >= 0.6 is 0 Å². The zero-order chi connectivity index (χ0) is 13.5. The van der Waals surface area contributed by atoms with Gasteiger partial charge in [0, 0.05) is 12.5 Å². The van der Waals surface area contributed by atoms with Crippen LogP contribution in [0.5, 0.6) is 0 Å². The van der Waals surface area contributed by atoms with E-state index in [4.69, 9.17) is 4.74 Å². The third-order valence-corrected chi connectivity index (χ3v) is 2.22. The van der Waals surface area contributed by atoms with E-state index in [1.807, 2.05) is 0 Å². The highest BCUT2D eigenvalue weighted by Crippen LogP contribution is 2.21. The molecule has 0 atom stereocenters. The molecule has 0 radical (unpaired) electrons. The van der Waals surface area contributed by atoms with Crippen molar-refractivity contribution in [1.82, 2.24) is 0 Å². The summed E-state index contributed by atoms with van der Waals surface area (Å²) in [5.74, 6) is -1.40. The Labute approximate surface area is 103 Å². The van der Waals surface area contributed by atoms with Gasteiger partial charge in [0.25, 0.3) is 0 Å². The molecule has 6 heteroatoms. The lowest BCUT2D eigenvalue weighted by Gasteiger charge is -2.03. The molecule has 0 fully saturated rings. The molecule has 0 amide bonds. The number of esters is 1. The van der Waals surface area contributed by atoms with Crippen molar-refractivity contribution in [3.63, 3.8) is 0 Å². The number of benzene rings is 1. The van der Waals surface area contributed by atoms with Crippen LogP contribution in [0.4, 0.5) is 10.1 Å². The second kappa shape index (κ2) is 6.48. The molecule has 96 valence electrons. The molecule has 0 saturated carbocycles. The molecule has 5 nitrogen and oxygen atoms in total. The highest BCUT2D eigenvalue weighted by Gasteiger charge is 2.17. The van der Waals surface area contributed by atoms with Crippen LogP contribution < -0.4 is 0 Å². The van der Waals surface area contributed by atoms with Crippen LogP contribution in [0, 0.1) is 15.9 Å². The number of carbonyl (C=O) groups is 1. The van der Waals surface area contributed by atoms with E-state index in [1.165, 1.54) is 18.2 Å². The summed E-state index contributed by atoms with van der Waals surface area (Å²) in [7, 11) is 0. The molecule has 1 aromatic carbocycles. The Morgan fingerprint density at radius 1 is 1.56 bits per heavy atom. The Morgan fingerprint density at radius 3 is 2.89 bits per heavy atom. The van der Waals surface area contributed by atoms with E-state index >= 15 is 0 Å². The molecule has 0 unspecified atom stereocenters. The number of hydrogen-bond acceptors (Lipinski definition) is 4. The van der Waals surface area contributed by atoms with Gasteiger partial charge in [-0.25, -0.2) is 0 Å². The molecule has 0 heterocycles. The van der Waals surface area contributed by atoms with Gasteiger partial charge in [0.2, 0.25) is 5.82 Å². The van der Waals surface area contributed by atoms with Gasteiger partial charge in [-0.1, -0.05) is 24.8 Å². The van der Waals surface area contributed by atoms with Gasteiger partial charge in [-0.05, 0) is 12.0 Å². The SMILES string of the molecule is C=CCOC(=O)CCc1cccc([N+](=O)[O-])c1F. The summed E-state index contributed by atoms with van der Waals surface area (Å²) in [5.41, 5.74) is -0.466. The second-order valence-electron chi connectivity index (χ2n) is 3.48. The Bertz CT molecular complexity index is 473. The van der Waals surface area contributed by atoms with Crippen LogP contribution in [-0.2, 0) is 16.0 Å². The van der Waals surface area contributed by atoms with Crippen LogP contribution in [0.2, 0.25) is 0 Å².